The summed E-state index contributed by atoms with van der Waals surface area (Å²) in [6.07, 6.45) is 1.06. The molecule has 0 saturated carbocycles. The lowest BCUT2D eigenvalue weighted by molar-refractivity contribution is 0.477. The first-order valence-electron chi connectivity index (χ1n) is 4.75. The number of nitrogens with zero attached hydrogens (tertiary/aromatic N) is 2. The van der Waals surface area contributed by atoms with Crippen LogP contribution in [0.3, 0.4) is 0 Å². The van der Waals surface area contributed by atoms with E-state index in [2.05, 4.69) is 4.98 Å². The molecule has 2 aromatic rings. The minimum atomic E-state index is -3.46. The molecule has 0 saturated heterocycles. The Balaban J connectivity index is 3.06. The molecular formula is C11H9N2O3S+. The van der Waals surface area contributed by atoms with Gasteiger partial charge in [0.2, 0.25) is 11.1 Å². The number of hydrogen-bond donors (Lipinski definition) is 1. The molecule has 0 spiro atoms. The van der Waals surface area contributed by atoms with E-state index in [1.807, 2.05) is 0 Å². The molecule has 0 atom stereocenters. The Bertz CT molecular complexity index is 745. The molecule has 0 aliphatic rings. The van der Waals surface area contributed by atoms with Crippen molar-refractivity contribution in [2.45, 2.75) is 4.90 Å². The second kappa shape index (κ2) is 3.71. The first kappa shape index (κ1) is 11.4. The van der Waals surface area contributed by atoms with Crippen molar-refractivity contribution in [2.24, 2.45) is 0 Å². The average Bonchev–Trinajstić information content (AvgIpc) is 2.27. The molecule has 2 rings (SSSR count). The molecule has 0 fully saturated rings. The number of phenolic OH excluding ortho intramolecular Hbond substituents is 1. The zero-order chi connectivity index (χ0) is 12.6. The second-order valence-electron chi connectivity index (χ2n) is 3.66. The molecule has 0 unspecified atom stereocenters. The van der Waals surface area contributed by atoms with Crippen LogP contribution in [-0.4, -0.2) is 19.8 Å². The highest BCUT2D eigenvalue weighted by atomic mass is 32.2. The van der Waals surface area contributed by atoms with Crippen molar-refractivity contribution in [2.75, 3.05) is 6.26 Å². The molecule has 86 valence electrons. The van der Waals surface area contributed by atoms with Crippen LogP contribution in [0.25, 0.3) is 15.7 Å². The Morgan fingerprint density at radius 3 is 2.35 bits per heavy atom. The van der Waals surface area contributed by atoms with Crippen molar-refractivity contribution in [3.8, 4) is 5.75 Å². The van der Waals surface area contributed by atoms with Crippen LogP contribution in [0.15, 0.2) is 35.2 Å². The van der Waals surface area contributed by atoms with Crippen LogP contribution in [0, 0.1) is 5.39 Å². The van der Waals surface area contributed by atoms with Crippen LogP contribution in [0.4, 0.5) is 5.69 Å². The number of diazo groups is 1. The predicted molar refractivity (Wildman–Crippen MR) is 63.5 cm³/mol. The molecule has 0 bridgehead atoms. The molecule has 0 aliphatic heterocycles. The lowest BCUT2D eigenvalue weighted by atomic mass is 10.1. The van der Waals surface area contributed by atoms with Gasteiger partial charge in [-0.25, -0.2) is 8.42 Å². The smallest absolute Gasteiger partial charge is 0.433 e. The summed E-state index contributed by atoms with van der Waals surface area (Å²) < 4.78 is 23.2. The van der Waals surface area contributed by atoms with Crippen LogP contribution in [0.5, 0.6) is 5.75 Å². The fourth-order valence-corrected chi connectivity index (χ4v) is 2.63. The largest absolute Gasteiger partial charge is 0.501 e. The van der Waals surface area contributed by atoms with Crippen molar-refractivity contribution < 1.29 is 13.5 Å². The monoisotopic (exact) mass is 249 g/mol. The third-order valence-electron chi connectivity index (χ3n) is 2.46. The summed E-state index contributed by atoms with van der Waals surface area (Å²) in [5.41, 5.74) is -0.0343. The topological polar surface area (TPSA) is 82.5 Å². The minimum Gasteiger partial charge on any atom is -0.501 e. The molecule has 6 heteroatoms. The van der Waals surface area contributed by atoms with Crippen LogP contribution in [-0.2, 0) is 9.84 Å². The van der Waals surface area contributed by atoms with Crippen LogP contribution < -0.4 is 0 Å². The predicted octanol–water partition coefficient (Wildman–Crippen LogP) is 2.43. The summed E-state index contributed by atoms with van der Waals surface area (Å²) in [7, 11) is -3.46. The van der Waals surface area contributed by atoms with Gasteiger partial charge in [0.05, 0.1) is 10.3 Å². The summed E-state index contributed by atoms with van der Waals surface area (Å²) >= 11 is 0. The average molecular weight is 249 g/mol. The van der Waals surface area contributed by atoms with E-state index in [4.69, 9.17) is 5.39 Å². The maximum Gasteiger partial charge on any atom is 0.433 e. The highest BCUT2D eigenvalue weighted by Crippen LogP contribution is 2.38. The van der Waals surface area contributed by atoms with Crippen LogP contribution >= 0.6 is 0 Å². The normalized spacial score (nSPS) is 11.3. The van der Waals surface area contributed by atoms with Crippen LogP contribution in [0.1, 0.15) is 0 Å². The second-order valence-corrected chi connectivity index (χ2v) is 5.64. The van der Waals surface area contributed by atoms with Gasteiger partial charge in [0.1, 0.15) is 0 Å². The highest BCUT2D eigenvalue weighted by Gasteiger charge is 2.24. The van der Waals surface area contributed by atoms with E-state index in [-0.39, 0.29) is 16.3 Å². The van der Waals surface area contributed by atoms with E-state index in [0.717, 1.165) is 12.3 Å². The Hall–Kier alpha value is -2.13. The number of aromatic hydroxyl groups is 1. The number of benzene rings is 2. The van der Waals surface area contributed by atoms with E-state index in [0.29, 0.717) is 10.8 Å². The van der Waals surface area contributed by atoms with Crippen molar-refractivity contribution in [1.82, 2.24) is 0 Å². The number of rotatable bonds is 1. The van der Waals surface area contributed by atoms with Gasteiger partial charge in [0, 0.05) is 17.7 Å². The third kappa shape index (κ3) is 1.81. The van der Waals surface area contributed by atoms with Crippen molar-refractivity contribution in [3.05, 3.63) is 35.3 Å². The zero-order valence-electron chi connectivity index (χ0n) is 8.95. The first-order valence-corrected chi connectivity index (χ1v) is 6.64. The molecule has 0 aliphatic carbocycles. The number of sulfone groups is 1. The summed E-state index contributed by atoms with van der Waals surface area (Å²) in [6, 6.07) is 7.61. The fraction of sp³-hybridized carbons (Fsp3) is 0.0909. The fourth-order valence-electron chi connectivity index (χ4n) is 1.72. The van der Waals surface area contributed by atoms with Crippen molar-refractivity contribution in [3.63, 3.8) is 0 Å². The molecule has 1 N–H and O–H groups in total. The molecule has 0 radical (unpaired) electrons. The number of fused-ring (bicyclic) bond motifs is 1. The van der Waals surface area contributed by atoms with Gasteiger partial charge in [0.25, 0.3) is 0 Å². The molecule has 2 aromatic carbocycles. The van der Waals surface area contributed by atoms with Gasteiger partial charge in [-0.2, -0.15) is 0 Å². The van der Waals surface area contributed by atoms with Gasteiger partial charge >= 0.3 is 5.69 Å². The van der Waals surface area contributed by atoms with Gasteiger partial charge in [-0.1, -0.05) is 18.2 Å². The molecule has 0 heterocycles. The Labute approximate surface area is 97.9 Å². The number of phenols is 1. The summed E-state index contributed by atoms with van der Waals surface area (Å²) in [5, 5.41) is 19.3. The van der Waals surface area contributed by atoms with Crippen LogP contribution in [0.2, 0.25) is 0 Å². The third-order valence-corrected chi connectivity index (χ3v) is 3.59. The van der Waals surface area contributed by atoms with E-state index in [9.17, 15) is 13.5 Å². The van der Waals surface area contributed by atoms with E-state index < -0.39 is 9.84 Å². The van der Waals surface area contributed by atoms with Crippen molar-refractivity contribution in [1.29, 1.82) is 5.39 Å². The SMILES string of the molecule is CS(=O)(=O)c1cc(O)c([N+]#N)c2ccccc12. The molecule has 5 nitrogen and oxygen atoms in total. The van der Waals surface area contributed by atoms with Gasteiger partial charge in [-0.15, -0.1) is 0 Å². The minimum absolute atomic E-state index is 0.0120. The summed E-state index contributed by atoms with van der Waals surface area (Å²) in [4.78, 5) is 2.99. The molecule has 0 aromatic heterocycles. The van der Waals surface area contributed by atoms with Crippen molar-refractivity contribution >= 4 is 26.3 Å². The van der Waals surface area contributed by atoms with Gasteiger partial charge in [-0.3, -0.25) is 0 Å². The van der Waals surface area contributed by atoms with E-state index in [1.165, 1.54) is 0 Å². The Morgan fingerprint density at radius 1 is 1.24 bits per heavy atom. The molecule has 0 amide bonds. The number of hydrogen-bond acceptors (Lipinski definition) is 4. The van der Waals surface area contributed by atoms with Gasteiger partial charge in [-0.05, 0) is 6.07 Å². The molecular weight excluding hydrogens is 240 g/mol. The van der Waals surface area contributed by atoms with E-state index >= 15 is 0 Å². The maximum absolute atomic E-state index is 11.6. The summed E-state index contributed by atoms with van der Waals surface area (Å²) in [5.74, 6) is -0.369. The zero-order valence-corrected chi connectivity index (χ0v) is 9.77. The lowest BCUT2D eigenvalue weighted by Crippen LogP contribution is -1.98. The standard InChI is InChI=1S/C11H8N2O3S/c1-17(15,16)10-6-9(14)11(13-12)8-5-3-2-4-7(8)10/h2-6H,1H3/p+1. The Morgan fingerprint density at radius 2 is 1.82 bits per heavy atom. The summed E-state index contributed by atoms with van der Waals surface area (Å²) in [6.45, 7) is 0. The Kier molecular flexibility index (Phi) is 2.48. The maximum atomic E-state index is 11.6. The van der Waals surface area contributed by atoms with E-state index in [1.54, 1.807) is 24.3 Å². The lowest BCUT2D eigenvalue weighted by Gasteiger charge is -2.03. The van der Waals surface area contributed by atoms with Gasteiger partial charge < -0.3 is 5.11 Å². The van der Waals surface area contributed by atoms with Gasteiger partial charge in [0.15, 0.2) is 14.8 Å². The highest BCUT2D eigenvalue weighted by molar-refractivity contribution is 7.91. The first-order chi connectivity index (χ1) is 7.95. The quantitative estimate of drug-likeness (QED) is 0.787. The molecule has 17 heavy (non-hydrogen) atoms.